The number of para-hydroxylation sites is 1. The minimum absolute atomic E-state index is 0.0263. The topological polar surface area (TPSA) is 56.8 Å². The van der Waals surface area contributed by atoms with Gasteiger partial charge in [-0.2, -0.15) is 0 Å². The first kappa shape index (κ1) is 13.9. The van der Waals surface area contributed by atoms with E-state index in [0.717, 1.165) is 28.4 Å². The van der Waals surface area contributed by atoms with Crippen LogP contribution in [0.1, 0.15) is 23.5 Å². The second kappa shape index (κ2) is 5.83. The molecule has 4 rings (SSSR count). The van der Waals surface area contributed by atoms with E-state index >= 15 is 0 Å². The van der Waals surface area contributed by atoms with Crippen molar-refractivity contribution in [1.82, 2.24) is 5.32 Å². The number of amides is 1. The Labute approximate surface area is 134 Å². The molecule has 118 valence electrons. The van der Waals surface area contributed by atoms with Gasteiger partial charge in [0.15, 0.2) is 11.5 Å². The molecule has 0 spiro atoms. The summed E-state index contributed by atoms with van der Waals surface area (Å²) in [4.78, 5) is 12.5. The summed E-state index contributed by atoms with van der Waals surface area (Å²) in [7, 11) is 0. The Hall–Kier alpha value is -2.69. The fourth-order valence-electron chi connectivity index (χ4n) is 2.98. The van der Waals surface area contributed by atoms with Crippen molar-refractivity contribution < 1.29 is 19.0 Å². The fraction of sp³-hybridized carbons (Fsp3) is 0.278. The fourth-order valence-corrected chi connectivity index (χ4v) is 2.98. The Balaban J connectivity index is 1.45. The lowest BCUT2D eigenvalue weighted by molar-refractivity contribution is -0.123. The lowest BCUT2D eigenvalue weighted by Crippen LogP contribution is -2.32. The number of hydrogen-bond acceptors (Lipinski definition) is 4. The number of rotatable bonds is 3. The van der Waals surface area contributed by atoms with Crippen molar-refractivity contribution >= 4 is 5.91 Å². The molecular formula is C18H17NO4. The lowest BCUT2D eigenvalue weighted by atomic mass is 9.92. The van der Waals surface area contributed by atoms with Gasteiger partial charge in [0.2, 0.25) is 12.7 Å². The van der Waals surface area contributed by atoms with E-state index in [1.54, 1.807) is 0 Å². The van der Waals surface area contributed by atoms with Gasteiger partial charge in [-0.25, -0.2) is 0 Å². The zero-order chi connectivity index (χ0) is 15.6. The zero-order valence-corrected chi connectivity index (χ0v) is 12.6. The van der Waals surface area contributed by atoms with Crippen LogP contribution in [0.2, 0.25) is 0 Å². The van der Waals surface area contributed by atoms with Crippen LogP contribution >= 0.6 is 0 Å². The summed E-state index contributed by atoms with van der Waals surface area (Å²) in [5, 5.41) is 3.01. The van der Waals surface area contributed by atoms with Gasteiger partial charge in [-0.15, -0.1) is 0 Å². The van der Waals surface area contributed by atoms with Crippen molar-refractivity contribution in [3.63, 3.8) is 0 Å². The van der Waals surface area contributed by atoms with E-state index in [-0.39, 0.29) is 18.6 Å². The molecule has 0 radical (unpaired) electrons. The van der Waals surface area contributed by atoms with E-state index in [9.17, 15) is 4.79 Å². The van der Waals surface area contributed by atoms with Crippen LogP contribution in [0.3, 0.4) is 0 Å². The number of nitrogens with one attached hydrogen (secondary N) is 1. The standard InChI is InChI=1S/C18H17NO4/c20-18(14-7-8-21-15-4-2-1-3-13(14)15)19-10-12-5-6-16-17(9-12)23-11-22-16/h1-6,9,14H,7-8,10-11H2,(H,19,20). The molecule has 1 N–H and O–H groups in total. The molecule has 5 heteroatoms. The monoisotopic (exact) mass is 311 g/mol. The van der Waals surface area contributed by atoms with E-state index in [1.165, 1.54) is 0 Å². The van der Waals surface area contributed by atoms with E-state index in [1.807, 2.05) is 42.5 Å². The Morgan fingerprint density at radius 1 is 1.04 bits per heavy atom. The summed E-state index contributed by atoms with van der Waals surface area (Å²) in [6, 6.07) is 13.4. The third-order valence-electron chi connectivity index (χ3n) is 4.18. The maximum absolute atomic E-state index is 12.5. The van der Waals surface area contributed by atoms with Crippen molar-refractivity contribution in [2.75, 3.05) is 13.4 Å². The molecule has 2 heterocycles. The summed E-state index contributed by atoms with van der Waals surface area (Å²) >= 11 is 0. The molecule has 0 aliphatic carbocycles. The van der Waals surface area contributed by atoms with E-state index in [4.69, 9.17) is 14.2 Å². The quantitative estimate of drug-likeness (QED) is 0.946. The molecule has 2 aromatic rings. The smallest absolute Gasteiger partial charge is 0.231 e. The third kappa shape index (κ3) is 2.70. The van der Waals surface area contributed by atoms with E-state index in [2.05, 4.69) is 5.32 Å². The van der Waals surface area contributed by atoms with Crippen LogP contribution in [0.15, 0.2) is 42.5 Å². The Bertz CT molecular complexity index is 744. The normalized spacial score (nSPS) is 18.0. The largest absolute Gasteiger partial charge is 0.493 e. The van der Waals surface area contributed by atoms with Gasteiger partial charge in [0.25, 0.3) is 0 Å². The number of hydrogen-bond donors (Lipinski definition) is 1. The summed E-state index contributed by atoms with van der Waals surface area (Å²) in [6.45, 7) is 1.29. The minimum atomic E-state index is -0.158. The number of benzene rings is 2. The van der Waals surface area contributed by atoms with Gasteiger partial charge in [0, 0.05) is 12.1 Å². The van der Waals surface area contributed by atoms with Gasteiger partial charge in [-0.3, -0.25) is 4.79 Å². The third-order valence-corrected chi connectivity index (χ3v) is 4.18. The highest BCUT2D eigenvalue weighted by atomic mass is 16.7. The number of carbonyl (C=O) groups excluding carboxylic acids is 1. The van der Waals surface area contributed by atoms with Crippen molar-refractivity contribution in [3.05, 3.63) is 53.6 Å². The summed E-state index contributed by atoms with van der Waals surface area (Å²) in [6.07, 6.45) is 0.698. The summed E-state index contributed by atoms with van der Waals surface area (Å²) in [5.41, 5.74) is 1.95. The van der Waals surface area contributed by atoms with Gasteiger partial charge < -0.3 is 19.5 Å². The summed E-state index contributed by atoms with van der Waals surface area (Å²) in [5.74, 6) is 2.15. The first-order valence-electron chi connectivity index (χ1n) is 7.69. The molecule has 0 fully saturated rings. The first-order chi connectivity index (χ1) is 11.3. The second-order valence-electron chi connectivity index (χ2n) is 5.63. The molecule has 0 aromatic heterocycles. The van der Waals surface area contributed by atoms with Crippen LogP contribution < -0.4 is 19.5 Å². The van der Waals surface area contributed by atoms with Crippen molar-refractivity contribution in [2.24, 2.45) is 0 Å². The molecule has 1 unspecified atom stereocenters. The van der Waals surface area contributed by atoms with Crippen molar-refractivity contribution in [3.8, 4) is 17.2 Å². The van der Waals surface area contributed by atoms with E-state index in [0.29, 0.717) is 19.6 Å². The first-order valence-corrected chi connectivity index (χ1v) is 7.69. The van der Waals surface area contributed by atoms with Gasteiger partial charge in [0.1, 0.15) is 5.75 Å². The molecule has 1 atom stereocenters. The molecule has 0 saturated carbocycles. The van der Waals surface area contributed by atoms with Crippen LogP contribution in [-0.2, 0) is 11.3 Å². The minimum Gasteiger partial charge on any atom is -0.493 e. The number of carbonyl (C=O) groups is 1. The highest BCUT2D eigenvalue weighted by Gasteiger charge is 2.27. The molecule has 0 saturated heterocycles. The predicted octanol–water partition coefficient (Wildman–Crippen LogP) is 2.60. The molecule has 23 heavy (non-hydrogen) atoms. The van der Waals surface area contributed by atoms with Crippen molar-refractivity contribution in [1.29, 1.82) is 0 Å². The van der Waals surface area contributed by atoms with Gasteiger partial charge >= 0.3 is 0 Å². The Morgan fingerprint density at radius 3 is 2.87 bits per heavy atom. The highest BCUT2D eigenvalue weighted by Crippen LogP contribution is 2.34. The SMILES string of the molecule is O=C(NCc1ccc2c(c1)OCO2)C1CCOc2ccccc21. The number of fused-ring (bicyclic) bond motifs is 2. The second-order valence-corrected chi connectivity index (χ2v) is 5.63. The maximum atomic E-state index is 12.5. The van der Waals surface area contributed by atoms with Crippen LogP contribution in [0.5, 0.6) is 17.2 Å². The Kier molecular flexibility index (Phi) is 3.54. The average molecular weight is 311 g/mol. The average Bonchev–Trinajstić information content (AvgIpc) is 3.07. The predicted molar refractivity (Wildman–Crippen MR) is 83.7 cm³/mol. The molecule has 1 amide bonds. The molecule has 5 nitrogen and oxygen atoms in total. The molecule has 2 aliphatic heterocycles. The molecular weight excluding hydrogens is 294 g/mol. The summed E-state index contributed by atoms with van der Waals surface area (Å²) < 4.78 is 16.3. The lowest BCUT2D eigenvalue weighted by Gasteiger charge is -2.25. The van der Waals surface area contributed by atoms with E-state index < -0.39 is 0 Å². The Morgan fingerprint density at radius 2 is 1.91 bits per heavy atom. The van der Waals surface area contributed by atoms with Gasteiger partial charge in [-0.05, 0) is 30.2 Å². The van der Waals surface area contributed by atoms with Crippen LogP contribution in [-0.4, -0.2) is 19.3 Å². The van der Waals surface area contributed by atoms with Crippen molar-refractivity contribution in [2.45, 2.75) is 18.9 Å². The molecule has 0 bridgehead atoms. The molecule has 2 aromatic carbocycles. The van der Waals surface area contributed by atoms with Crippen LogP contribution in [0.25, 0.3) is 0 Å². The van der Waals surface area contributed by atoms with Crippen LogP contribution in [0.4, 0.5) is 0 Å². The number of ether oxygens (including phenoxy) is 3. The van der Waals surface area contributed by atoms with Gasteiger partial charge in [-0.1, -0.05) is 24.3 Å². The zero-order valence-electron chi connectivity index (χ0n) is 12.6. The van der Waals surface area contributed by atoms with Crippen LogP contribution in [0, 0.1) is 0 Å². The van der Waals surface area contributed by atoms with Gasteiger partial charge in [0.05, 0.1) is 12.5 Å². The molecule has 2 aliphatic rings. The highest BCUT2D eigenvalue weighted by molar-refractivity contribution is 5.84. The maximum Gasteiger partial charge on any atom is 0.231 e.